The summed E-state index contributed by atoms with van der Waals surface area (Å²) in [5, 5.41) is 5.84. The van der Waals surface area contributed by atoms with Crippen LogP contribution in [0.25, 0.3) is 0 Å². The minimum absolute atomic E-state index is 0.707. The Kier molecular flexibility index (Phi) is 23.0. The minimum atomic E-state index is -1.06. The molecule has 4 rings (SSSR count). The van der Waals surface area contributed by atoms with Gasteiger partial charge in [-0.05, 0) is 59.9 Å². The number of benzene rings is 2. The highest BCUT2D eigenvalue weighted by molar-refractivity contribution is 7.07. The summed E-state index contributed by atoms with van der Waals surface area (Å²) in [5.41, 5.74) is 4.24. The fraction of sp³-hybridized carbons (Fsp3) is 0.487. The Labute approximate surface area is 273 Å². The second-order valence-corrected chi connectivity index (χ2v) is 24.7. The Bertz CT molecular complexity index is 1090. The van der Waals surface area contributed by atoms with Crippen LogP contribution in [0.2, 0.25) is 45.3 Å². The smallest absolute Gasteiger partial charge is 0.103 e. The average Bonchev–Trinajstić information content (AvgIpc) is 3.71. The van der Waals surface area contributed by atoms with Crippen LogP contribution < -0.4 is 5.19 Å². The van der Waals surface area contributed by atoms with E-state index in [1.165, 1.54) is 54.8 Å². The normalized spacial score (nSPS) is 10.5. The molecule has 0 aliphatic carbocycles. The lowest BCUT2D eigenvalue weighted by atomic mass is 10.2. The largest absolute Gasteiger partial charge is 0.469 e. The summed E-state index contributed by atoms with van der Waals surface area (Å²) in [6, 6.07) is 26.9. The van der Waals surface area contributed by atoms with E-state index >= 15 is 0 Å². The quantitative estimate of drug-likeness (QED) is 0.132. The Morgan fingerprint density at radius 3 is 1.67 bits per heavy atom. The maximum Gasteiger partial charge on any atom is 0.103 e. The number of furan rings is 1. The number of aryl methyl sites for hydroxylation is 4. The molecule has 0 N–H and O–H groups in total. The van der Waals surface area contributed by atoms with E-state index < -0.39 is 16.1 Å². The third-order valence-electron chi connectivity index (χ3n) is 6.83. The fourth-order valence-corrected chi connectivity index (χ4v) is 7.23. The zero-order valence-electron chi connectivity index (χ0n) is 29.6. The standard InChI is InChI=1S/C10H16Si.C9H22Si.C8H10.C6H8O.C6H8S/c1-9-6-5-7-10(8-9)11(2,3)4;1-5-6-7-8-9-10(2,3)4;1-2-8-6-4-3-5-7-8;1-2-6-4-3-5-7-6;1-2-6-3-4-7-5-6/h5-8H,1-4H3;5-9H2,1-4H3;3-7H,2H2,1H3;2*3-5H,2H2,1H3. The summed E-state index contributed by atoms with van der Waals surface area (Å²) in [5.74, 6) is 1.06. The minimum Gasteiger partial charge on any atom is -0.469 e. The summed E-state index contributed by atoms with van der Waals surface area (Å²) in [6.07, 6.45) is 10.7. The molecule has 0 spiro atoms. The van der Waals surface area contributed by atoms with Gasteiger partial charge in [0.2, 0.25) is 0 Å². The van der Waals surface area contributed by atoms with Gasteiger partial charge >= 0.3 is 0 Å². The molecule has 0 atom stereocenters. The number of hydrogen-bond acceptors (Lipinski definition) is 2. The molecule has 240 valence electrons. The van der Waals surface area contributed by atoms with E-state index in [4.69, 9.17) is 4.42 Å². The van der Waals surface area contributed by atoms with Gasteiger partial charge in [-0.3, -0.25) is 0 Å². The molecule has 2 aromatic heterocycles. The first-order valence-corrected chi connectivity index (χ1v) is 24.7. The first-order chi connectivity index (χ1) is 20.4. The van der Waals surface area contributed by atoms with Crippen LogP contribution in [-0.2, 0) is 19.3 Å². The average molecular weight is 637 g/mol. The van der Waals surface area contributed by atoms with E-state index in [-0.39, 0.29) is 0 Å². The molecule has 1 nitrogen and oxygen atoms in total. The van der Waals surface area contributed by atoms with Crippen molar-refractivity contribution in [2.24, 2.45) is 0 Å². The first-order valence-electron chi connectivity index (χ1n) is 16.5. The molecule has 0 radical (unpaired) electrons. The second-order valence-electron chi connectivity index (χ2n) is 13.2. The van der Waals surface area contributed by atoms with Gasteiger partial charge in [-0.2, -0.15) is 11.3 Å². The van der Waals surface area contributed by atoms with E-state index in [1.807, 2.05) is 18.2 Å². The van der Waals surface area contributed by atoms with Gasteiger partial charge in [0.25, 0.3) is 0 Å². The molecular formula is C39H64OSSi2. The lowest BCUT2D eigenvalue weighted by Crippen LogP contribution is -2.37. The molecule has 0 fully saturated rings. The zero-order chi connectivity index (χ0) is 32.6. The van der Waals surface area contributed by atoms with E-state index in [0.29, 0.717) is 0 Å². The summed E-state index contributed by atoms with van der Waals surface area (Å²) in [6.45, 7) is 25.3. The van der Waals surface area contributed by atoms with E-state index in [1.54, 1.807) is 22.8 Å². The van der Waals surface area contributed by atoms with Gasteiger partial charge in [0, 0.05) is 14.5 Å². The van der Waals surface area contributed by atoms with Crippen LogP contribution >= 0.6 is 11.3 Å². The molecule has 0 aliphatic rings. The zero-order valence-corrected chi connectivity index (χ0v) is 32.5. The third kappa shape index (κ3) is 23.9. The van der Waals surface area contributed by atoms with Gasteiger partial charge in [-0.25, -0.2) is 0 Å². The van der Waals surface area contributed by atoms with E-state index in [0.717, 1.165) is 18.6 Å². The molecule has 0 unspecified atom stereocenters. The number of rotatable bonds is 9. The highest BCUT2D eigenvalue weighted by atomic mass is 32.1. The van der Waals surface area contributed by atoms with Gasteiger partial charge in [0.1, 0.15) is 5.76 Å². The van der Waals surface area contributed by atoms with E-state index in [9.17, 15) is 0 Å². The Balaban J connectivity index is 0.000000518. The number of thiophene rings is 1. The number of hydrogen-bond donors (Lipinski definition) is 0. The molecule has 0 bridgehead atoms. The molecule has 0 aliphatic heterocycles. The molecule has 2 heterocycles. The Morgan fingerprint density at radius 2 is 1.33 bits per heavy atom. The van der Waals surface area contributed by atoms with Crippen molar-refractivity contribution in [3.63, 3.8) is 0 Å². The SMILES string of the molecule is CCCCCC[Si](C)(C)C.CCc1ccccc1.CCc1ccco1.CCc1ccsc1.Cc1cccc([Si](C)(C)C)c1. The molecule has 0 saturated heterocycles. The van der Waals surface area contributed by atoms with Crippen LogP contribution in [0.1, 0.15) is 75.8 Å². The lowest BCUT2D eigenvalue weighted by Gasteiger charge is -2.16. The van der Waals surface area contributed by atoms with Crippen LogP contribution in [-0.4, -0.2) is 16.1 Å². The molecule has 2 aromatic carbocycles. The summed E-state index contributed by atoms with van der Waals surface area (Å²) < 4.78 is 4.98. The highest BCUT2D eigenvalue weighted by Gasteiger charge is 2.15. The summed E-state index contributed by atoms with van der Waals surface area (Å²) in [7, 11) is -1.77. The predicted molar refractivity (Wildman–Crippen MR) is 204 cm³/mol. The lowest BCUT2D eigenvalue weighted by molar-refractivity contribution is 0.516. The van der Waals surface area contributed by atoms with Crippen molar-refractivity contribution in [2.75, 3.05) is 0 Å². The highest BCUT2D eigenvalue weighted by Crippen LogP contribution is 2.14. The van der Waals surface area contributed by atoms with Crippen LogP contribution in [0.5, 0.6) is 0 Å². The third-order valence-corrected chi connectivity index (χ3v) is 11.5. The molecule has 0 saturated carbocycles. The maximum atomic E-state index is 4.98. The summed E-state index contributed by atoms with van der Waals surface area (Å²) >= 11 is 1.76. The maximum absolute atomic E-state index is 4.98. The van der Waals surface area contributed by atoms with Crippen LogP contribution in [0.15, 0.2) is 94.2 Å². The van der Waals surface area contributed by atoms with Crippen molar-refractivity contribution in [3.8, 4) is 0 Å². The first kappa shape index (κ1) is 40.9. The number of unbranched alkanes of at least 4 members (excludes halogenated alkanes) is 3. The van der Waals surface area contributed by atoms with Crippen LogP contribution in [0.3, 0.4) is 0 Å². The van der Waals surface area contributed by atoms with Gasteiger partial charge in [-0.1, -0.05) is 164 Å². The predicted octanol–water partition coefficient (Wildman–Crippen LogP) is 12.8. The topological polar surface area (TPSA) is 13.1 Å². The van der Waals surface area contributed by atoms with Crippen molar-refractivity contribution >= 4 is 32.7 Å². The molecule has 4 heteroatoms. The fourth-order valence-electron chi connectivity index (χ4n) is 3.91. The van der Waals surface area contributed by atoms with Crippen molar-refractivity contribution in [2.45, 2.75) is 125 Å². The van der Waals surface area contributed by atoms with Gasteiger partial charge in [-0.15, -0.1) is 0 Å². The molecular weight excluding hydrogens is 573 g/mol. The summed E-state index contributed by atoms with van der Waals surface area (Å²) in [4.78, 5) is 0. The van der Waals surface area contributed by atoms with Gasteiger partial charge in [0.05, 0.1) is 14.3 Å². The van der Waals surface area contributed by atoms with Crippen molar-refractivity contribution in [1.29, 1.82) is 0 Å². The molecule has 43 heavy (non-hydrogen) atoms. The van der Waals surface area contributed by atoms with Crippen molar-refractivity contribution in [3.05, 3.63) is 112 Å². The van der Waals surface area contributed by atoms with Crippen molar-refractivity contribution in [1.82, 2.24) is 0 Å². The van der Waals surface area contributed by atoms with E-state index in [2.05, 4.69) is 139 Å². The Hall–Kier alpha value is -2.15. The Morgan fingerprint density at radius 1 is 0.651 bits per heavy atom. The molecule has 4 aromatic rings. The molecule has 0 amide bonds. The van der Waals surface area contributed by atoms with Gasteiger partial charge < -0.3 is 4.42 Å². The monoisotopic (exact) mass is 636 g/mol. The van der Waals surface area contributed by atoms with Crippen LogP contribution in [0, 0.1) is 6.92 Å². The van der Waals surface area contributed by atoms with Crippen LogP contribution in [0.4, 0.5) is 0 Å². The second kappa shape index (κ2) is 24.2. The van der Waals surface area contributed by atoms with Crippen molar-refractivity contribution < 1.29 is 4.42 Å². The van der Waals surface area contributed by atoms with Gasteiger partial charge in [0.15, 0.2) is 0 Å².